The molecular formula is C10H15N5O3S. The van der Waals surface area contributed by atoms with Crippen LogP contribution in [0.2, 0.25) is 0 Å². The van der Waals surface area contributed by atoms with Crippen LogP contribution in [0.3, 0.4) is 0 Å². The number of hydrogen-bond acceptors (Lipinski definition) is 8. The second kappa shape index (κ2) is 6.13. The van der Waals surface area contributed by atoms with E-state index in [0.29, 0.717) is 16.5 Å². The summed E-state index contributed by atoms with van der Waals surface area (Å²) in [4.78, 5) is 18.6. The van der Waals surface area contributed by atoms with E-state index in [9.17, 15) is 10.1 Å². The molecule has 104 valence electrons. The van der Waals surface area contributed by atoms with Crippen LogP contribution in [0, 0.1) is 17.0 Å². The lowest BCUT2D eigenvalue weighted by Gasteiger charge is -2.10. The fourth-order valence-corrected chi connectivity index (χ4v) is 2.98. The molecule has 0 amide bonds. The van der Waals surface area contributed by atoms with Crippen molar-refractivity contribution in [1.29, 1.82) is 0 Å². The van der Waals surface area contributed by atoms with Crippen molar-refractivity contribution >= 4 is 23.4 Å². The normalized spacial score (nSPS) is 18.5. The molecule has 1 aromatic heterocycles. The zero-order valence-electron chi connectivity index (χ0n) is 10.5. The number of hydrogen-bond donors (Lipinski definition) is 2. The van der Waals surface area contributed by atoms with E-state index in [4.69, 9.17) is 10.6 Å². The van der Waals surface area contributed by atoms with Gasteiger partial charge in [-0.05, 0) is 19.8 Å². The first-order valence-corrected chi connectivity index (χ1v) is 6.84. The molecule has 3 N–H and O–H groups in total. The molecule has 0 saturated carbocycles. The molecule has 1 saturated heterocycles. The first-order chi connectivity index (χ1) is 9.11. The van der Waals surface area contributed by atoms with Gasteiger partial charge in [0, 0.05) is 12.4 Å². The van der Waals surface area contributed by atoms with Crippen LogP contribution in [-0.2, 0) is 4.74 Å². The van der Waals surface area contributed by atoms with Crippen LogP contribution >= 0.6 is 11.8 Å². The third-order valence-corrected chi connectivity index (χ3v) is 3.86. The summed E-state index contributed by atoms with van der Waals surface area (Å²) in [5.41, 5.74) is 2.54. The molecule has 0 radical (unpaired) electrons. The van der Waals surface area contributed by atoms with E-state index in [0.717, 1.165) is 19.4 Å². The van der Waals surface area contributed by atoms with Gasteiger partial charge in [-0.3, -0.25) is 15.5 Å². The summed E-state index contributed by atoms with van der Waals surface area (Å²) >= 11 is 1.30. The van der Waals surface area contributed by atoms with Gasteiger partial charge in [0.05, 0.1) is 11.0 Å². The Labute approximate surface area is 114 Å². The molecule has 1 aliphatic rings. The monoisotopic (exact) mass is 285 g/mol. The summed E-state index contributed by atoms with van der Waals surface area (Å²) in [6.07, 6.45) is 2.15. The number of aromatic nitrogens is 2. The van der Waals surface area contributed by atoms with Crippen molar-refractivity contribution in [1.82, 2.24) is 9.97 Å². The smallest absolute Gasteiger partial charge is 0.322 e. The molecule has 1 aromatic rings. The van der Waals surface area contributed by atoms with Crippen molar-refractivity contribution in [3.63, 3.8) is 0 Å². The molecule has 0 aromatic carbocycles. The lowest BCUT2D eigenvalue weighted by Crippen LogP contribution is -2.14. The highest BCUT2D eigenvalue weighted by Crippen LogP contribution is 2.32. The van der Waals surface area contributed by atoms with E-state index >= 15 is 0 Å². The third-order valence-electron chi connectivity index (χ3n) is 2.77. The minimum Gasteiger partial charge on any atom is -0.377 e. The van der Waals surface area contributed by atoms with Crippen LogP contribution in [0.25, 0.3) is 0 Å². The van der Waals surface area contributed by atoms with Gasteiger partial charge in [-0.25, -0.2) is 10.8 Å². The first-order valence-electron chi connectivity index (χ1n) is 5.86. The second-order valence-corrected chi connectivity index (χ2v) is 5.14. The molecule has 1 aliphatic heterocycles. The summed E-state index contributed by atoms with van der Waals surface area (Å²) in [5, 5.41) is 11.4. The van der Waals surface area contributed by atoms with Gasteiger partial charge in [-0.15, -0.1) is 0 Å². The van der Waals surface area contributed by atoms with Gasteiger partial charge in [0.25, 0.3) is 0 Å². The van der Waals surface area contributed by atoms with Crippen LogP contribution in [0.5, 0.6) is 0 Å². The number of nitrogens with two attached hydrogens (primary N) is 1. The average molecular weight is 285 g/mol. The summed E-state index contributed by atoms with van der Waals surface area (Å²) in [6, 6.07) is 0. The molecule has 1 atom stereocenters. The highest BCUT2D eigenvalue weighted by molar-refractivity contribution is 7.99. The van der Waals surface area contributed by atoms with Crippen LogP contribution in [0.1, 0.15) is 18.5 Å². The van der Waals surface area contributed by atoms with E-state index < -0.39 is 4.92 Å². The van der Waals surface area contributed by atoms with Gasteiger partial charge >= 0.3 is 5.69 Å². The summed E-state index contributed by atoms with van der Waals surface area (Å²) < 4.78 is 5.49. The van der Waals surface area contributed by atoms with Crippen molar-refractivity contribution in [2.24, 2.45) is 5.84 Å². The second-order valence-electron chi connectivity index (χ2n) is 4.13. The maximum Gasteiger partial charge on any atom is 0.322 e. The third kappa shape index (κ3) is 3.31. The zero-order valence-corrected chi connectivity index (χ0v) is 11.3. The lowest BCUT2D eigenvalue weighted by molar-refractivity contribution is -0.389. The molecule has 2 heterocycles. The molecule has 2 rings (SSSR count). The van der Waals surface area contributed by atoms with Gasteiger partial charge in [0.1, 0.15) is 5.69 Å². The number of hydrazine groups is 1. The van der Waals surface area contributed by atoms with Crippen molar-refractivity contribution in [2.45, 2.75) is 30.9 Å². The quantitative estimate of drug-likeness (QED) is 0.273. The molecule has 0 bridgehead atoms. The minimum absolute atomic E-state index is 0.0676. The largest absolute Gasteiger partial charge is 0.377 e. The van der Waals surface area contributed by atoms with E-state index in [1.165, 1.54) is 11.8 Å². The van der Waals surface area contributed by atoms with Crippen molar-refractivity contribution in [3.8, 4) is 0 Å². The van der Waals surface area contributed by atoms with E-state index in [1.54, 1.807) is 6.92 Å². The van der Waals surface area contributed by atoms with Crippen LogP contribution in [0.4, 0.5) is 11.6 Å². The standard InChI is InChI=1S/C10H15N5O3S/c1-6-8(15(16)17)9(13-10(12-6)14-11)19-5-7-3-2-4-18-7/h7H,2-5,11H2,1H3,(H,12,13,14). The number of nitrogens with one attached hydrogen (secondary N) is 1. The maximum absolute atomic E-state index is 11.1. The maximum atomic E-state index is 11.1. The summed E-state index contributed by atoms with van der Waals surface area (Å²) in [5.74, 6) is 6.07. The van der Waals surface area contributed by atoms with Gasteiger partial charge < -0.3 is 4.74 Å². The highest BCUT2D eigenvalue weighted by atomic mass is 32.2. The number of nitrogens with zero attached hydrogens (tertiary/aromatic N) is 3. The summed E-state index contributed by atoms with van der Waals surface area (Å²) in [7, 11) is 0. The molecule has 9 heteroatoms. The van der Waals surface area contributed by atoms with E-state index in [2.05, 4.69) is 15.4 Å². The Balaban J connectivity index is 2.20. The number of thioether (sulfide) groups is 1. The Bertz CT molecular complexity index is 478. The number of nitro groups is 1. The van der Waals surface area contributed by atoms with Crippen LogP contribution < -0.4 is 11.3 Å². The molecular weight excluding hydrogens is 270 g/mol. The predicted molar refractivity (Wildman–Crippen MR) is 70.9 cm³/mol. The molecule has 8 nitrogen and oxygen atoms in total. The van der Waals surface area contributed by atoms with Crippen molar-refractivity contribution in [2.75, 3.05) is 17.8 Å². The van der Waals surface area contributed by atoms with Crippen molar-refractivity contribution < 1.29 is 9.66 Å². The summed E-state index contributed by atoms with van der Waals surface area (Å²) in [6.45, 7) is 2.32. The fraction of sp³-hybridized carbons (Fsp3) is 0.600. The number of anilines is 1. The lowest BCUT2D eigenvalue weighted by atomic mass is 10.3. The Morgan fingerprint density at radius 3 is 3.00 bits per heavy atom. The van der Waals surface area contributed by atoms with Gasteiger partial charge in [-0.1, -0.05) is 11.8 Å². The predicted octanol–water partition coefficient (Wildman–Crippen LogP) is 1.25. The number of nitrogen functional groups attached to an aromatic ring is 1. The number of aryl methyl sites for hydroxylation is 1. The van der Waals surface area contributed by atoms with Gasteiger partial charge in [0.2, 0.25) is 5.95 Å². The Hall–Kier alpha value is -1.45. The van der Waals surface area contributed by atoms with Gasteiger partial charge in [0.15, 0.2) is 5.03 Å². The van der Waals surface area contributed by atoms with Gasteiger partial charge in [-0.2, -0.15) is 4.98 Å². The zero-order chi connectivity index (χ0) is 13.8. The fourth-order valence-electron chi connectivity index (χ4n) is 1.86. The number of ether oxygens (including phenoxy) is 1. The Kier molecular flexibility index (Phi) is 4.51. The molecule has 19 heavy (non-hydrogen) atoms. The topological polar surface area (TPSA) is 116 Å². The molecule has 0 aliphatic carbocycles. The van der Waals surface area contributed by atoms with E-state index in [-0.39, 0.29) is 17.7 Å². The molecule has 1 unspecified atom stereocenters. The van der Waals surface area contributed by atoms with Crippen LogP contribution in [0.15, 0.2) is 5.03 Å². The van der Waals surface area contributed by atoms with Crippen LogP contribution in [-0.4, -0.2) is 33.4 Å². The van der Waals surface area contributed by atoms with E-state index in [1.807, 2.05) is 0 Å². The SMILES string of the molecule is Cc1nc(NN)nc(SCC2CCCO2)c1[N+](=O)[O-]. The highest BCUT2D eigenvalue weighted by Gasteiger charge is 2.24. The Morgan fingerprint density at radius 1 is 1.63 bits per heavy atom. The first kappa shape index (κ1) is 14.0. The van der Waals surface area contributed by atoms with Crippen molar-refractivity contribution in [3.05, 3.63) is 15.8 Å². The average Bonchev–Trinajstić information content (AvgIpc) is 2.88. The Morgan fingerprint density at radius 2 is 2.42 bits per heavy atom. The number of rotatable bonds is 5. The minimum atomic E-state index is -0.465. The molecule has 0 spiro atoms. The molecule has 1 fully saturated rings.